The molecule has 0 aromatic rings. The third kappa shape index (κ3) is 1.06. The molecule has 0 radical (unpaired) electrons. The Morgan fingerprint density at radius 1 is 1.00 bits per heavy atom. The Bertz CT molecular complexity index is 313. The van der Waals surface area contributed by atoms with Crippen molar-refractivity contribution in [1.82, 2.24) is 0 Å². The second-order valence-electron chi connectivity index (χ2n) is 7.70. The van der Waals surface area contributed by atoms with Crippen LogP contribution in [0.3, 0.4) is 0 Å². The highest BCUT2D eigenvalue weighted by Gasteiger charge is 2.67. The van der Waals surface area contributed by atoms with Crippen LogP contribution in [0.1, 0.15) is 59.8 Å². The summed E-state index contributed by atoms with van der Waals surface area (Å²) in [4.78, 5) is 0. The average Bonchev–Trinajstić information content (AvgIpc) is 2.58. The van der Waals surface area contributed by atoms with E-state index in [2.05, 4.69) is 27.7 Å². The van der Waals surface area contributed by atoms with Gasteiger partial charge in [0.1, 0.15) is 0 Å². The number of fused-ring (bicyclic) bond motifs is 1. The van der Waals surface area contributed by atoms with Gasteiger partial charge in [-0.25, -0.2) is 0 Å². The largest absolute Gasteiger partial charge is 0.390 e. The molecular formula is C15H26O. The van der Waals surface area contributed by atoms with Crippen LogP contribution in [0.25, 0.3) is 0 Å². The van der Waals surface area contributed by atoms with Gasteiger partial charge in [0.05, 0.1) is 5.60 Å². The highest BCUT2D eigenvalue weighted by molar-refractivity contribution is 5.16. The van der Waals surface area contributed by atoms with Gasteiger partial charge in [0.15, 0.2) is 0 Å². The van der Waals surface area contributed by atoms with Crippen molar-refractivity contribution in [2.45, 2.75) is 65.4 Å². The van der Waals surface area contributed by atoms with Crippen molar-refractivity contribution in [3.05, 3.63) is 0 Å². The predicted octanol–water partition coefficient (Wildman–Crippen LogP) is 3.61. The molecule has 0 aliphatic heterocycles. The molecule has 3 aliphatic carbocycles. The summed E-state index contributed by atoms with van der Waals surface area (Å²) < 4.78 is 0. The van der Waals surface area contributed by atoms with Gasteiger partial charge >= 0.3 is 0 Å². The molecule has 16 heavy (non-hydrogen) atoms. The summed E-state index contributed by atoms with van der Waals surface area (Å²) in [5, 5.41) is 10.6. The lowest BCUT2D eigenvalue weighted by Gasteiger charge is -2.44. The topological polar surface area (TPSA) is 20.2 Å². The van der Waals surface area contributed by atoms with E-state index in [0.717, 1.165) is 18.3 Å². The van der Waals surface area contributed by atoms with E-state index in [9.17, 15) is 5.11 Å². The van der Waals surface area contributed by atoms with Crippen LogP contribution in [0.5, 0.6) is 0 Å². The summed E-state index contributed by atoms with van der Waals surface area (Å²) in [7, 11) is 0. The smallest absolute Gasteiger partial charge is 0.0653 e. The van der Waals surface area contributed by atoms with Gasteiger partial charge in [-0.3, -0.25) is 0 Å². The first-order valence-electron chi connectivity index (χ1n) is 7.03. The fraction of sp³-hybridized carbons (Fsp3) is 1.00. The maximum absolute atomic E-state index is 10.6. The highest BCUT2D eigenvalue weighted by Crippen LogP contribution is 2.73. The molecule has 1 nitrogen and oxygen atoms in total. The van der Waals surface area contributed by atoms with Crippen molar-refractivity contribution < 1.29 is 5.11 Å². The number of hydrogen-bond donors (Lipinski definition) is 1. The highest BCUT2D eigenvalue weighted by atomic mass is 16.3. The van der Waals surface area contributed by atoms with Crippen LogP contribution < -0.4 is 0 Å². The van der Waals surface area contributed by atoms with E-state index >= 15 is 0 Å². The minimum absolute atomic E-state index is 0.352. The van der Waals surface area contributed by atoms with Crippen molar-refractivity contribution in [3.63, 3.8) is 0 Å². The van der Waals surface area contributed by atoms with Crippen molar-refractivity contribution in [3.8, 4) is 0 Å². The summed E-state index contributed by atoms with van der Waals surface area (Å²) in [6.45, 7) is 9.38. The van der Waals surface area contributed by atoms with Crippen LogP contribution >= 0.6 is 0 Å². The normalized spacial score (nSPS) is 58.7. The minimum Gasteiger partial charge on any atom is -0.390 e. The van der Waals surface area contributed by atoms with Crippen LogP contribution in [-0.4, -0.2) is 10.7 Å². The Labute approximate surface area is 99.6 Å². The third-order valence-electron chi connectivity index (χ3n) is 6.79. The van der Waals surface area contributed by atoms with Crippen LogP contribution in [-0.2, 0) is 0 Å². The van der Waals surface area contributed by atoms with Crippen LogP contribution in [0, 0.1) is 28.6 Å². The third-order valence-corrected chi connectivity index (χ3v) is 6.79. The Morgan fingerprint density at radius 2 is 1.69 bits per heavy atom. The summed E-state index contributed by atoms with van der Waals surface area (Å²) in [5.74, 6) is 2.29. The Hall–Kier alpha value is -0.0400. The van der Waals surface area contributed by atoms with E-state index in [1.807, 2.05) is 0 Å². The molecular weight excluding hydrogens is 196 g/mol. The molecule has 3 saturated carbocycles. The molecule has 0 amide bonds. The van der Waals surface area contributed by atoms with Crippen molar-refractivity contribution in [2.24, 2.45) is 28.6 Å². The van der Waals surface area contributed by atoms with Gasteiger partial charge in [0.2, 0.25) is 0 Å². The lowest BCUT2D eigenvalue weighted by Crippen LogP contribution is -2.44. The van der Waals surface area contributed by atoms with Crippen LogP contribution in [0.15, 0.2) is 0 Å². The van der Waals surface area contributed by atoms with Crippen molar-refractivity contribution >= 4 is 0 Å². The maximum Gasteiger partial charge on any atom is 0.0653 e. The molecule has 0 saturated heterocycles. The molecule has 0 aromatic heterocycles. The molecule has 3 aliphatic rings. The van der Waals surface area contributed by atoms with Crippen LogP contribution in [0.4, 0.5) is 0 Å². The van der Waals surface area contributed by atoms with Gasteiger partial charge < -0.3 is 5.11 Å². The first-order valence-corrected chi connectivity index (χ1v) is 7.03. The van der Waals surface area contributed by atoms with Crippen molar-refractivity contribution in [2.75, 3.05) is 0 Å². The van der Waals surface area contributed by atoms with E-state index in [4.69, 9.17) is 0 Å². The monoisotopic (exact) mass is 222 g/mol. The predicted molar refractivity (Wildman–Crippen MR) is 66.1 cm³/mol. The lowest BCUT2D eigenvalue weighted by molar-refractivity contribution is -0.0717. The molecule has 3 fully saturated rings. The van der Waals surface area contributed by atoms with E-state index in [1.165, 1.54) is 25.7 Å². The zero-order valence-corrected chi connectivity index (χ0v) is 11.2. The van der Waals surface area contributed by atoms with Gasteiger partial charge in [-0.2, -0.15) is 0 Å². The Balaban J connectivity index is 2.07. The second-order valence-corrected chi connectivity index (χ2v) is 7.70. The van der Waals surface area contributed by atoms with Gasteiger partial charge in [-0.15, -0.1) is 0 Å². The average molecular weight is 222 g/mol. The minimum atomic E-state index is -0.404. The number of rotatable bonds is 0. The van der Waals surface area contributed by atoms with Gasteiger partial charge in [0.25, 0.3) is 0 Å². The Kier molecular flexibility index (Phi) is 1.98. The van der Waals surface area contributed by atoms with E-state index in [1.54, 1.807) is 0 Å². The van der Waals surface area contributed by atoms with Crippen molar-refractivity contribution in [1.29, 1.82) is 0 Å². The summed E-state index contributed by atoms with van der Waals surface area (Å²) >= 11 is 0. The zero-order valence-electron chi connectivity index (χ0n) is 11.2. The molecule has 1 N–H and O–H groups in total. The fourth-order valence-corrected chi connectivity index (χ4v) is 5.88. The SMILES string of the molecule is C[C@@H]1CC[C@H]2C(C)(C)[C@H]3C[C@@]12CC[C@]3(C)O. The number of hydrogen-bond acceptors (Lipinski definition) is 1. The number of aliphatic hydroxyl groups is 1. The van der Waals surface area contributed by atoms with Gasteiger partial charge in [-0.1, -0.05) is 20.8 Å². The molecule has 3 rings (SSSR count). The first-order chi connectivity index (χ1) is 7.31. The fourth-order valence-electron chi connectivity index (χ4n) is 5.88. The molecule has 1 heteroatoms. The van der Waals surface area contributed by atoms with Gasteiger partial charge in [-0.05, 0) is 67.6 Å². The standard InChI is InChI=1S/C15H26O/c1-10-5-6-11-13(2,3)12-9-15(10,11)8-7-14(12,4)16/h10-12,16H,5-9H2,1-4H3/t10-,11+,12-,14+,15+/m1/s1. The Morgan fingerprint density at radius 3 is 2.38 bits per heavy atom. The van der Waals surface area contributed by atoms with E-state index in [0.29, 0.717) is 16.7 Å². The lowest BCUT2D eigenvalue weighted by atomic mass is 9.64. The molecule has 92 valence electrons. The maximum atomic E-state index is 10.6. The molecule has 2 bridgehead atoms. The van der Waals surface area contributed by atoms with Gasteiger partial charge in [0, 0.05) is 0 Å². The quantitative estimate of drug-likeness (QED) is 0.664. The van der Waals surface area contributed by atoms with Crippen LogP contribution in [0.2, 0.25) is 0 Å². The zero-order chi connectivity index (χ0) is 11.8. The molecule has 0 aromatic carbocycles. The molecule has 0 heterocycles. The summed E-state index contributed by atoms with van der Waals surface area (Å²) in [5.41, 5.74) is 0.542. The first kappa shape index (κ1) is 11.1. The summed E-state index contributed by atoms with van der Waals surface area (Å²) in [6, 6.07) is 0. The van der Waals surface area contributed by atoms with E-state index in [-0.39, 0.29) is 0 Å². The molecule has 1 spiro atoms. The molecule has 5 atom stereocenters. The summed E-state index contributed by atoms with van der Waals surface area (Å²) in [6.07, 6.45) is 6.41. The molecule has 0 unspecified atom stereocenters. The second kappa shape index (κ2) is 2.85. The van der Waals surface area contributed by atoms with E-state index < -0.39 is 5.60 Å².